The van der Waals surface area contributed by atoms with Crippen LogP contribution in [0.25, 0.3) is 6.08 Å². The van der Waals surface area contributed by atoms with Crippen molar-refractivity contribution in [3.05, 3.63) is 93.2 Å². The van der Waals surface area contributed by atoms with E-state index in [1.165, 1.54) is 0 Å². The minimum atomic E-state index is -0.119. The number of nitrogens with zero attached hydrogens (tertiary/aromatic N) is 1. The zero-order chi connectivity index (χ0) is 22.9. The molecule has 3 aromatic carbocycles. The highest BCUT2D eigenvalue weighted by Crippen LogP contribution is 2.43. The van der Waals surface area contributed by atoms with Gasteiger partial charge in [0.1, 0.15) is 24.0 Å². The van der Waals surface area contributed by atoms with E-state index in [0.717, 1.165) is 51.7 Å². The number of ether oxygens (including phenoxy) is 3. The van der Waals surface area contributed by atoms with E-state index in [1.807, 2.05) is 61.5 Å². The minimum absolute atomic E-state index is 0.119. The van der Waals surface area contributed by atoms with E-state index in [-0.39, 0.29) is 5.78 Å². The third-order valence-electron chi connectivity index (χ3n) is 6.05. The summed E-state index contributed by atoms with van der Waals surface area (Å²) >= 11 is 6.30. The predicted octanol–water partition coefficient (Wildman–Crippen LogP) is 5.67. The Morgan fingerprint density at radius 1 is 1.12 bits per heavy atom. The van der Waals surface area contributed by atoms with Crippen molar-refractivity contribution < 1.29 is 19.0 Å². The minimum Gasteiger partial charge on any atom is -0.497 e. The molecule has 168 valence electrons. The maximum absolute atomic E-state index is 13.1. The molecule has 6 heteroatoms. The molecule has 0 atom stereocenters. The van der Waals surface area contributed by atoms with Gasteiger partial charge in [0.05, 0.1) is 12.7 Å². The van der Waals surface area contributed by atoms with Crippen LogP contribution in [-0.4, -0.2) is 31.1 Å². The highest BCUT2D eigenvalue weighted by molar-refractivity contribution is 6.31. The molecule has 0 spiro atoms. The molecule has 3 aromatic rings. The SMILES string of the molecule is COc1cccc(/C=C2\Oc3c(cc4c(c3C)OCN(CCc3ccccc3Cl)C4)C2=O)c1. The second-order valence-electron chi connectivity index (χ2n) is 8.25. The smallest absolute Gasteiger partial charge is 0.231 e. The Kier molecular flexibility index (Phi) is 5.83. The molecule has 2 aliphatic heterocycles. The Labute approximate surface area is 198 Å². The summed E-state index contributed by atoms with van der Waals surface area (Å²) in [4.78, 5) is 15.3. The molecule has 2 heterocycles. The number of carbonyl (C=O) groups excluding carboxylic acids is 1. The number of ketones is 1. The quantitative estimate of drug-likeness (QED) is 0.458. The lowest BCUT2D eigenvalue weighted by molar-refractivity contribution is 0.0954. The molecule has 0 amide bonds. The van der Waals surface area contributed by atoms with Crippen molar-refractivity contribution in [2.75, 3.05) is 20.4 Å². The summed E-state index contributed by atoms with van der Waals surface area (Å²) in [5, 5.41) is 0.780. The maximum Gasteiger partial charge on any atom is 0.231 e. The first-order valence-electron chi connectivity index (χ1n) is 10.9. The van der Waals surface area contributed by atoms with Crippen LogP contribution in [0.15, 0.2) is 60.4 Å². The average Bonchev–Trinajstić information content (AvgIpc) is 3.14. The zero-order valence-electron chi connectivity index (χ0n) is 18.6. The second kappa shape index (κ2) is 8.93. The molecule has 0 aromatic heterocycles. The molecule has 5 nitrogen and oxygen atoms in total. The fourth-order valence-corrected chi connectivity index (χ4v) is 4.53. The van der Waals surface area contributed by atoms with Crippen molar-refractivity contribution >= 4 is 23.5 Å². The van der Waals surface area contributed by atoms with Crippen LogP contribution in [0.1, 0.15) is 32.6 Å². The number of methoxy groups -OCH3 is 1. The Hall–Kier alpha value is -3.28. The number of rotatable bonds is 5. The number of benzene rings is 3. The van der Waals surface area contributed by atoms with Gasteiger partial charge in [0, 0.05) is 29.2 Å². The zero-order valence-corrected chi connectivity index (χ0v) is 19.3. The van der Waals surface area contributed by atoms with Gasteiger partial charge in [-0.25, -0.2) is 0 Å². The molecule has 0 N–H and O–H groups in total. The maximum atomic E-state index is 13.1. The van der Waals surface area contributed by atoms with Crippen molar-refractivity contribution in [2.24, 2.45) is 0 Å². The molecular formula is C27H24ClNO4. The fourth-order valence-electron chi connectivity index (χ4n) is 4.30. The molecule has 5 rings (SSSR count). The molecule has 0 fully saturated rings. The van der Waals surface area contributed by atoms with Gasteiger partial charge in [-0.05, 0) is 54.8 Å². The van der Waals surface area contributed by atoms with Gasteiger partial charge >= 0.3 is 0 Å². The monoisotopic (exact) mass is 461 g/mol. The molecule has 0 saturated carbocycles. The van der Waals surface area contributed by atoms with E-state index < -0.39 is 0 Å². The fraction of sp³-hybridized carbons (Fsp3) is 0.222. The molecule has 0 saturated heterocycles. The summed E-state index contributed by atoms with van der Waals surface area (Å²) < 4.78 is 17.4. The first-order chi connectivity index (χ1) is 16.0. The van der Waals surface area contributed by atoms with Crippen LogP contribution >= 0.6 is 11.6 Å². The third-order valence-corrected chi connectivity index (χ3v) is 6.42. The molecule has 0 radical (unpaired) electrons. The van der Waals surface area contributed by atoms with Crippen LogP contribution < -0.4 is 14.2 Å². The van der Waals surface area contributed by atoms with Gasteiger partial charge in [-0.3, -0.25) is 9.69 Å². The van der Waals surface area contributed by atoms with Crippen molar-refractivity contribution in [2.45, 2.75) is 19.9 Å². The van der Waals surface area contributed by atoms with Gasteiger partial charge in [-0.1, -0.05) is 41.9 Å². The van der Waals surface area contributed by atoms with Crippen molar-refractivity contribution in [3.8, 4) is 17.2 Å². The van der Waals surface area contributed by atoms with E-state index in [9.17, 15) is 4.79 Å². The van der Waals surface area contributed by atoms with Gasteiger partial charge in [-0.2, -0.15) is 0 Å². The Balaban J connectivity index is 1.37. The molecule has 0 aliphatic carbocycles. The molecular weight excluding hydrogens is 438 g/mol. The van der Waals surface area contributed by atoms with Crippen LogP contribution in [-0.2, 0) is 13.0 Å². The second-order valence-corrected chi connectivity index (χ2v) is 8.66. The highest BCUT2D eigenvalue weighted by atomic mass is 35.5. The van der Waals surface area contributed by atoms with Gasteiger partial charge in [0.2, 0.25) is 5.78 Å². The summed E-state index contributed by atoms with van der Waals surface area (Å²) in [6, 6.07) is 17.3. The van der Waals surface area contributed by atoms with Gasteiger partial charge < -0.3 is 14.2 Å². The third kappa shape index (κ3) is 4.22. The number of carbonyl (C=O) groups is 1. The van der Waals surface area contributed by atoms with E-state index in [2.05, 4.69) is 4.90 Å². The molecule has 33 heavy (non-hydrogen) atoms. The summed E-state index contributed by atoms with van der Waals surface area (Å²) in [5.74, 6) is 2.30. The lowest BCUT2D eigenvalue weighted by atomic mass is 10.00. The lowest BCUT2D eigenvalue weighted by Crippen LogP contribution is -2.34. The Morgan fingerprint density at radius 2 is 1.97 bits per heavy atom. The molecule has 0 unspecified atom stereocenters. The average molecular weight is 462 g/mol. The van der Waals surface area contributed by atoms with E-state index >= 15 is 0 Å². The van der Waals surface area contributed by atoms with Crippen LogP contribution in [0.3, 0.4) is 0 Å². The first kappa shape index (κ1) is 21.6. The Morgan fingerprint density at radius 3 is 2.79 bits per heavy atom. The number of allylic oxidation sites excluding steroid dienone is 1. The topological polar surface area (TPSA) is 48.0 Å². The molecule has 2 aliphatic rings. The van der Waals surface area contributed by atoms with E-state index in [0.29, 0.717) is 30.3 Å². The summed E-state index contributed by atoms with van der Waals surface area (Å²) in [6.07, 6.45) is 2.58. The first-order valence-corrected chi connectivity index (χ1v) is 11.2. The lowest BCUT2D eigenvalue weighted by Gasteiger charge is -2.30. The number of fused-ring (bicyclic) bond motifs is 2. The number of hydrogen-bond donors (Lipinski definition) is 0. The van der Waals surface area contributed by atoms with Crippen molar-refractivity contribution in [1.29, 1.82) is 0 Å². The normalized spacial score (nSPS) is 16.2. The highest BCUT2D eigenvalue weighted by Gasteiger charge is 2.33. The number of hydrogen-bond acceptors (Lipinski definition) is 5. The van der Waals surface area contributed by atoms with Crippen LogP contribution in [0, 0.1) is 6.92 Å². The summed E-state index contributed by atoms with van der Waals surface area (Å²) in [7, 11) is 1.62. The van der Waals surface area contributed by atoms with Crippen LogP contribution in [0.5, 0.6) is 17.2 Å². The van der Waals surface area contributed by atoms with Crippen LogP contribution in [0.4, 0.5) is 0 Å². The predicted molar refractivity (Wildman–Crippen MR) is 128 cm³/mol. The number of halogens is 1. The van der Waals surface area contributed by atoms with Gasteiger partial charge in [-0.15, -0.1) is 0 Å². The largest absolute Gasteiger partial charge is 0.497 e. The van der Waals surface area contributed by atoms with Gasteiger partial charge in [0.15, 0.2) is 5.76 Å². The van der Waals surface area contributed by atoms with Crippen molar-refractivity contribution in [3.63, 3.8) is 0 Å². The Bertz CT molecular complexity index is 1270. The van der Waals surface area contributed by atoms with Crippen molar-refractivity contribution in [1.82, 2.24) is 4.90 Å². The standard InChI is InChI=1S/C27H24ClNO4/c1-17-26-20(15-29(16-32-26)11-10-19-7-3-4-9-23(19)28)14-22-25(30)24(33-27(17)22)13-18-6-5-8-21(12-18)31-2/h3-9,12-14H,10-11,15-16H2,1-2H3/b24-13-. The number of Topliss-reactive ketones (excluding diaryl/α,β-unsaturated/α-hetero) is 1. The van der Waals surface area contributed by atoms with Crippen LogP contribution in [0.2, 0.25) is 5.02 Å². The summed E-state index contributed by atoms with van der Waals surface area (Å²) in [6.45, 7) is 3.94. The van der Waals surface area contributed by atoms with Gasteiger partial charge in [0.25, 0.3) is 0 Å². The molecule has 0 bridgehead atoms. The van der Waals surface area contributed by atoms with E-state index in [1.54, 1.807) is 13.2 Å². The van der Waals surface area contributed by atoms with E-state index in [4.69, 9.17) is 25.8 Å². The summed E-state index contributed by atoms with van der Waals surface area (Å²) in [5.41, 5.74) is 4.39.